The van der Waals surface area contributed by atoms with Crippen molar-refractivity contribution in [2.75, 3.05) is 26.2 Å². The molecule has 0 radical (unpaired) electrons. The Kier molecular flexibility index (Phi) is 3.61. The number of nitrogens with one attached hydrogen (secondary N) is 1. The molecule has 5 nitrogen and oxygen atoms in total. The first-order valence-electron chi connectivity index (χ1n) is 8.05. The zero-order chi connectivity index (χ0) is 15.8. The largest absolute Gasteiger partial charge is 0.334 e. The predicted octanol–water partition coefficient (Wildman–Crippen LogP) is 2.14. The molecule has 2 fully saturated rings. The highest BCUT2D eigenvalue weighted by Crippen LogP contribution is 2.23. The van der Waals surface area contributed by atoms with Gasteiger partial charge in [0.2, 0.25) is 0 Å². The Morgan fingerprint density at radius 2 is 1.87 bits per heavy atom. The maximum Gasteiger partial charge on any atom is 0.271 e. The molecule has 2 aliphatic heterocycles. The van der Waals surface area contributed by atoms with Crippen LogP contribution >= 0.6 is 0 Å². The van der Waals surface area contributed by atoms with Gasteiger partial charge in [-0.05, 0) is 56.3 Å². The van der Waals surface area contributed by atoms with Crippen molar-refractivity contribution in [3.8, 4) is 11.3 Å². The molecule has 0 unspecified atom stereocenters. The van der Waals surface area contributed by atoms with Crippen molar-refractivity contribution in [3.63, 3.8) is 0 Å². The number of hydrogen-bond donors (Lipinski definition) is 1. The van der Waals surface area contributed by atoms with Gasteiger partial charge in [-0.15, -0.1) is 0 Å². The van der Waals surface area contributed by atoms with Crippen molar-refractivity contribution in [3.05, 3.63) is 41.8 Å². The lowest BCUT2D eigenvalue weighted by Gasteiger charge is -2.43. The van der Waals surface area contributed by atoms with E-state index in [1.807, 2.05) is 4.90 Å². The molecule has 1 amide bonds. The number of nitrogens with zero attached hydrogens (tertiary/aromatic N) is 3. The molecule has 1 aromatic carbocycles. The predicted molar refractivity (Wildman–Crippen MR) is 84.5 cm³/mol. The van der Waals surface area contributed by atoms with Crippen LogP contribution in [0.2, 0.25) is 0 Å². The minimum Gasteiger partial charge on any atom is -0.334 e. The van der Waals surface area contributed by atoms with Crippen LogP contribution in [0.15, 0.2) is 30.3 Å². The van der Waals surface area contributed by atoms with E-state index in [1.54, 1.807) is 18.2 Å². The smallest absolute Gasteiger partial charge is 0.271 e. The molecule has 0 bridgehead atoms. The molecule has 120 valence electrons. The highest BCUT2D eigenvalue weighted by molar-refractivity contribution is 5.94. The van der Waals surface area contributed by atoms with Crippen molar-refractivity contribution < 1.29 is 9.18 Å². The van der Waals surface area contributed by atoms with Gasteiger partial charge in [-0.1, -0.05) is 0 Å². The van der Waals surface area contributed by atoms with Crippen LogP contribution in [-0.2, 0) is 0 Å². The van der Waals surface area contributed by atoms with Crippen molar-refractivity contribution in [2.24, 2.45) is 0 Å². The van der Waals surface area contributed by atoms with Crippen LogP contribution < -0.4 is 0 Å². The highest BCUT2D eigenvalue weighted by Gasteiger charge is 2.36. The van der Waals surface area contributed by atoms with E-state index in [-0.39, 0.29) is 11.7 Å². The van der Waals surface area contributed by atoms with Crippen LogP contribution in [-0.4, -0.2) is 58.1 Å². The number of benzene rings is 1. The third-order valence-electron chi connectivity index (χ3n) is 4.75. The van der Waals surface area contributed by atoms with E-state index in [2.05, 4.69) is 15.1 Å². The van der Waals surface area contributed by atoms with E-state index in [9.17, 15) is 9.18 Å². The van der Waals surface area contributed by atoms with Gasteiger partial charge in [0.25, 0.3) is 5.91 Å². The molecule has 4 rings (SSSR count). The van der Waals surface area contributed by atoms with Gasteiger partial charge in [-0.3, -0.25) is 14.8 Å². The average Bonchev–Trinajstić information content (AvgIpc) is 3.18. The number of aromatic nitrogens is 2. The summed E-state index contributed by atoms with van der Waals surface area (Å²) in [5, 5.41) is 6.97. The Bertz CT molecular complexity index is 700. The zero-order valence-electron chi connectivity index (χ0n) is 12.8. The molecular formula is C17H19FN4O. The SMILES string of the molecule is O=C(c1cc(-c2ccc(F)cc2)n[nH]1)N1CC(N2CCCC2)C1. The molecule has 0 spiro atoms. The van der Waals surface area contributed by atoms with Gasteiger partial charge in [0.15, 0.2) is 0 Å². The van der Waals surface area contributed by atoms with Crippen molar-refractivity contribution in [1.82, 2.24) is 20.0 Å². The summed E-state index contributed by atoms with van der Waals surface area (Å²) < 4.78 is 13.0. The first-order valence-corrected chi connectivity index (χ1v) is 8.05. The number of carbonyl (C=O) groups excluding carboxylic acids is 1. The number of amides is 1. The van der Waals surface area contributed by atoms with Crippen LogP contribution in [0.3, 0.4) is 0 Å². The Hall–Kier alpha value is -2.21. The topological polar surface area (TPSA) is 52.2 Å². The maximum absolute atomic E-state index is 13.0. The van der Waals surface area contributed by atoms with Crippen LogP contribution in [0.1, 0.15) is 23.3 Å². The Labute approximate surface area is 134 Å². The average molecular weight is 314 g/mol. The van der Waals surface area contributed by atoms with E-state index in [1.165, 1.54) is 25.0 Å². The minimum absolute atomic E-state index is 0.0127. The molecule has 3 heterocycles. The monoisotopic (exact) mass is 314 g/mol. The minimum atomic E-state index is -0.283. The summed E-state index contributed by atoms with van der Waals surface area (Å²) in [5.41, 5.74) is 1.94. The molecule has 1 N–H and O–H groups in total. The summed E-state index contributed by atoms with van der Waals surface area (Å²) in [7, 11) is 0. The summed E-state index contributed by atoms with van der Waals surface area (Å²) >= 11 is 0. The number of likely N-dealkylation sites (tertiary alicyclic amines) is 2. The maximum atomic E-state index is 13.0. The fourth-order valence-corrected chi connectivity index (χ4v) is 3.33. The van der Waals surface area contributed by atoms with Gasteiger partial charge in [-0.2, -0.15) is 5.10 Å². The fraction of sp³-hybridized carbons (Fsp3) is 0.412. The summed E-state index contributed by atoms with van der Waals surface area (Å²) in [5.74, 6) is -0.296. The molecule has 0 saturated carbocycles. The van der Waals surface area contributed by atoms with Gasteiger partial charge in [0.05, 0.1) is 5.69 Å². The van der Waals surface area contributed by atoms with E-state index in [0.717, 1.165) is 31.7 Å². The van der Waals surface area contributed by atoms with Crippen LogP contribution in [0.4, 0.5) is 4.39 Å². The lowest BCUT2D eigenvalue weighted by molar-refractivity contribution is 0.0329. The molecule has 6 heteroatoms. The molecule has 2 aromatic rings. The number of halogens is 1. The molecule has 23 heavy (non-hydrogen) atoms. The van der Waals surface area contributed by atoms with Crippen molar-refractivity contribution >= 4 is 5.91 Å². The number of H-pyrrole nitrogens is 1. The number of rotatable bonds is 3. The Morgan fingerprint density at radius 3 is 2.57 bits per heavy atom. The zero-order valence-corrected chi connectivity index (χ0v) is 12.8. The Balaban J connectivity index is 1.41. The highest BCUT2D eigenvalue weighted by atomic mass is 19.1. The molecule has 1 aromatic heterocycles. The van der Waals surface area contributed by atoms with E-state index in [0.29, 0.717) is 17.4 Å². The summed E-state index contributed by atoms with van der Waals surface area (Å²) in [6.45, 7) is 3.91. The second-order valence-corrected chi connectivity index (χ2v) is 6.28. The summed E-state index contributed by atoms with van der Waals surface area (Å²) in [6.07, 6.45) is 2.54. The third kappa shape index (κ3) is 2.74. The third-order valence-corrected chi connectivity index (χ3v) is 4.75. The molecular weight excluding hydrogens is 295 g/mol. The lowest BCUT2D eigenvalue weighted by atomic mass is 10.1. The van der Waals surface area contributed by atoms with E-state index >= 15 is 0 Å². The van der Waals surface area contributed by atoms with Gasteiger partial charge in [-0.25, -0.2) is 4.39 Å². The molecule has 2 aliphatic rings. The summed E-state index contributed by atoms with van der Waals surface area (Å²) in [6, 6.07) is 8.35. The standard InChI is InChI=1S/C17H19FN4O/c18-13-5-3-12(4-6-13)15-9-16(20-19-15)17(23)22-10-14(11-22)21-7-1-2-8-21/h3-6,9,14H,1-2,7-8,10-11H2,(H,19,20). The number of hydrogen-bond acceptors (Lipinski definition) is 3. The fourth-order valence-electron chi connectivity index (χ4n) is 3.33. The Morgan fingerprint density at radius 1 is 1.17 bits per heavy atom. The normalized spacial score (nSPS) is 19.1. The molecule has 0 atom stereocenters. The van der Waals surface area contributed by atoms with Crippen LogP contribution in [0, 0.1) is 5.82 Å². The first kappa shape index (κ1) is 14.4. The van der Waals surface area contributed by atoms with Gasteiger partial charge in [0.1, 0.15) is 11.5 Å². The molecule has 2 saturated heterocycles. The van der Waals surface area contributed by atoms with Gasteiger partial charge in [0, 0.05) is 24.7 Å². The van der Waals surface area contributed by atoms with Crippen molar-refractivity contribution in [2.45, 2.75) is 18.9 Å². The quantitative estimate of drug-likeness (QED) is 0.944. The van der Waals surface area contributed by atoms with E-state index < -0.39 is 0 Å². The van der Waals surface area contributed by atoms with Crippen LogP contribution in [0.25, 0.3) is 11.3 Å². The second kappa shape index (κ2) is 5.77. The number of aromatic amines is 1. The van der Waals surface area contributed by atoms with Gasteiger partial charge < -0.3 is 4.90 Å². The van der Waals surface area contributed by atoms with Gasteiger partial charge >= 0.3 is 0 Å². The first-order chi connectivity index (χ1) is 11.2. The number of carbonyl (C=O) groups is 1. The van der Waals surface area contributed by atoms with E-state index in [4.69, 9.17) is 0 Å². The summed E-state index contributed by atoms with van der Waals surface area (Å²) in [4.78, 5) is 16.8. The lowest BCUT2D eigenvalue weighted by Crippen LogP contribution is -2.60. The van der Waals surface area contributed by atoms with Crippen molar-refractivity contribution in [1.29, 1.82) is 0 Å². The second-order valence-electron chi connectivity index (χ2n) is 6.28. The van der Waals surface area contributed by atoms with Crippen LogP contribution in [0.5, 0.6) is 0 Å². The molecule has 0 aliphatic carbocycles.